The van der Waals surface area contributed by atoms with Crippen LogP contribution in [0, 0.1) is 0 Å². The fourth-order valence-electron chi connectivity index (χ4n) is 1.51. The van der Waals surface area contributed by atoms with Gasteiger partial charge in [0.2, 0.25) is 0 Å². The summed E-state index contributed by atoms with van der Waals surface area (Å²) < 4.78 is 0.957. The van der Waals surface area contributed by atoms with Gasteiger partial charge in [0.05, 0.1) is 0 Å². The highest BCUT2D eigenvalue weighted by Crippen LogP contribution is 2.39. The van der Waals surface area contributed by atoms with E-state index in [1.54, 1.807) is 0 Å². The van der Waals surface area contributed by atoms with Gasteiger partial charge in [-0.1, -0.05) is 18.2 Å². The zero-order valence-corrected chi connectivity index (χ0v) is 13.7. The topological polar surface area (TPSA) is 0 Å². The molecule has 0 aliphatic heterocycles. The number of rotatable bonds is 1. The van der Waals surface area contributed by atoms with E-state index in [4.69, 9.17) is 0 Å². The third-order valence-electron chi connectivity index (χ3n) is 2.40. The van der Waals surface area contributed by atoms with Crippen LogP contribution in [-0.2, 0) is 0 Å². The lowest BCUT2D eigenvalue weighted by molar-refractivity contribution is 1.14. The van der Waals surface area contributed by atoms with E-state index in [0.717, 1.165) is 35.2 Å². The molecule has 0 saturated heterocycles. The average molecular weight is 361 g/mol. The van der Waals surface area contributed by atoms with E-state index < -0.39 is 0 Å². The molecule has 0 heterocycles. The highest BCUT2D eigenvalue weighted by Gasteiger charge is 2.11. The van der Waals surface area contributed by atoms with Crippen molar-refractivity contribution in [3.05, 3.63) is 34.8 Å². The molecule has 0 unspecified atom stereocenters. The summed E-state index contributed by atoms with van der Waals surface area (Å²) >= 11 is 21.2. The first kappa shape index (κ1) is 13.7. The summed E-state index contributed by atoms with van der Waals surface area (Å²) in [6.45, 7) is 0. The Morgan fingerprint density at radius 2 is 1.41 bits per heavy atom. The summed E-state index contributed by atoms with van der Waals surface area (Å²) in [4.78, 5) is 3.32. The second kappa shape index (κ2) is 5.53. The zero-order chi connectivity index (χ0) is 12.6. The second-order valence-electron chi connectivity index (χ2n) is 3.47. The lowest BCUT2D eigenvalue weighted by Gasteiger charge is -2.12. The van der Waals surface area contributed by atoms with Gasteiger partial charge in [0.1, 0.15) is 0 Å². The van der Waals surface area contributed by atoms with Gasteiger partial charge in [0, 0.05) is 24.1 Å². The van der Waals surface area contributed by atoms with Crippen LogP contribution in [0.5, 0.6) is 0 Å². The van der Waals surface area contributed by atoms with Crippen LogP contribution < -0.4 is 0 Å². The van der Waals surface area contributed by atoms with Crippen molar-refractivity contribution >= 4 is 66.4 Å². The Morgan fingerprint density at radius 1 is 0.706 bits per heavy atom. The Balaban J connectivity index is 2.69. The molecule has 0 fully saturated rings. The van der Waals surface area contributed by atoms with Crippen LogP contribution in [0.15, 0.2) is 54.4 Å². The van der Waals surface area contributed by atoms with Gasteiger partial charge in [0.25, 0.3) is 0 Å². The predicted molar refractivity (Wildman–Crippen MR) is 88.6 cm³/mol. The molecule has 2 aromatic rings. The summed E-state index contributed by atoms with van der Waals surface area (Å²) in [5.74, 6) is 0. The van der Waals surface area contributed by atoms with Gasteiger partial charge in [-0.3, -0.25) is 0 Å². The molecule has 0 spiro atoms. The van der Waals surface area contributed by atoms with Crippen molar-refractivity contribution < 1.29 is 0 Å². The fourth-order valence-corrected chi connectivity index (χ4v) is 2.98. The zero-order valence-electron chi connectivity index (χ0n) is 8.55. The number of hydrogen-bond donors (Lipinski definition) is 4. The molecule has 0 aromatic heterocycles. The van der Waals surface area contributed by atoms with E-state index in [0.29, 0.717) is 0 Å². The molecule has 2 rings (SSSR count). The molecular formula is C12H9BrS4. The first-order valence-corrected chi connectivity index (χ1v) is 7.32. The normalized spacial score (nSPS) is 10.6. The van der Waals surface area contributed by atoms with Crippen molar-refractivity contribution in [2.45, 2.75) is 19.6 Å². The third-order valence-corrected chi connectivity index (χ3v) is 5.59. The summed E-state index contributed by atoms with van der Waals surface area (Å²) in [5.41, 5.74) is 2.06. The molecule has 0 nitrogen and oxygen atoms in total. The van der Waals surface area contributed by atoms with Crippen LogP contribution in [0.1, 0.15) is 0 Å². The molecule has 17 heavy (non-hydrogen) atoms. The Labute approximate surface area is 131 Å². The van der Waals surface area contributed by atoms with Crippen molar-refractivity contribution in [3.8, 4) is 11.1 Å². The average Bonchev–Trinajstić information content (AvgIpc) is 2.31. The molecule has 0 radical (unpaired) electrons. The fraction of sp³-hybridized carbons (Fsp3) is 0. The SMILES string of the molecule is Sc1ccc(-c2cccc(S)c2Br)c(S)c1S. The first-order valence-electron chi connectivity index (χ1n) is 4.74. The minimum Gasteiger partial charge on any atom is -0.142 e. The van der Waals surface area contributed by atoms with Crippen LogP contribution in [0.2, 0.25) is 0 Å². The molecule has 88 valence electrons. The van der Waals surface area contributed by atoms with E-state index in [-0.39, 0.29) is 0 Å². The Morgan fingerprint density at radius 3 is 2.12 bits per heavy atom. The maximum absolute atomic E-state index is 4.50. The van der Waals surface area contributed by atoms with Gasteiger partial charge >= 0.3 is 0 Å². The van der Waals surface area contributed by atoms with Gasteiger partial charge in [-0.2, -0.15) is 0 Å². The molecular weight excluding hydrogens is 352 g/mol. The summed E-state index contributed by atoms with van der Waals surface area (Å²) in [5, 5.41) is 0. The minimum atomic E-state index is 0.783. The molecule has 0 atom stereocenters. The molecule has 5 heteroatoms. The smallest absolute Gasteiger partial charge is 0.0387 e. The summed E-state index contributed by atoms with van der Waals surface area (Å²) in [7, 11) is 0. The standard InChI is InChI=1S/C12H9BrS4/c13-10-6(2-1-3-8(10)14)7-4-5-9(15)12(17)11(7)16/h1-5,14-17H. The van der Waals surface area contributed by atoms with Crippen molar-refractivity contribution in [1.29, 1.82) is 0 Å². The maximum atomic E-state index is 4.50. The number of halogens is 1. The number of benzene rings is 2. The van der Waals surface area contributed by atoms with Gasteiger partial charge in [-0.05, 0) is 39.2 Å². The van der Waals surface area contributed by atoms with Gasteiger partial charge in [0.15, 0.2) is 0 Å². The van der Waals surface area contributed by atoms with Gasteiger partial charge < -0.3 is 0 Å². The molecule has 0 aliphatic carbocycles. The van der Waals surface area contributed by atoms with E-state index in [1.807, 2.05) is 30.3 Å². The lowest BCUT2D eigenvalue weighted by atomic mass is 10.1. The van der Waals surface area contributed by atoms with Crippen LogP contribution >= 0.6 is 66.4 Å². The van der Waals surface area contributed by atoms with Gasteiger partial charge in [-0.15, -0.1) is 50.5 Å². The Hall–Kier alpha value is 0.320. The molecule has 0 saturated carbocycles. The predicted octanol–water partition coefficient (Wildman–Crippen LogP) is 5.27. The van der Waals surface area contributed by atoms with Crippen LogP contribution in [-0.4, -0.2) is 0 Å². The highest BCUT2D eigenvalue weighted by molar-refractivity contribution is 9.10. The van der Waals surface area contributed by atoms with Crippen molar-refractivity contribution in [1.82, 2.24) is 0 Å². The molecule has 2 aromatic carbocycles. The quantitative estimate of drug-likeness (QED) is 0.489. The first-order chi connectivity index (χ1) is 8.02. The van der Waals surface area contributed by atoms with Gasteiger partial charge in [-0.25, -0.2) is 0 Å². The Kier molecular flexibility index (Phi) is 4.47. The second-order valence-corrected chi connectivity index (χ2v) is 6.12. The maximum Gasteiger partial charge on any atom is 0.0387 e. The monoisotopic (exact) mass is 360 g/mol. The number of hydrogen-bond acceptors (Lipinski definition) is 4. The third kappa shape index (κ3) is 2.68. The summed E-state index contributed by atoms with van der Waals surface area (Å²) in [6, 6.07) is 9.81. The molecule has 0 N–H and O–H groups in total. The van der Waals surface area contributed by atoms with E-state index in [1.165, 1.54) is 0 Å². The largest absolute Gasteiger partial charge is 0.142 e. The van der Waals surface area contributed by atoms with Crippen molar-refractivity contribution in [2.75, 3.05) is 0 Å². The van der Waals surface area contributed by atoms with E-state index in [9.17, 15) is 0 Å². The summed E-state index contributed by atoms with van der Waals surface area (Å²) in [6.07, 6.45) is 0. The highest BCUT2D eigenvalue weighted by atomic mass is 79.9. The van der Waals surface area contributed by atoms with E-state index >= 15 is 0 Å². The van der Waals surface area contributed by atoms with Crippen molar-refractivity contribution in [2.24, 2.45) is 0 Å². The molecule has 0 aliphatic rings. The molecule has 0 bridgehead atoms. The van der Waals surface area contributed by atoms with Crippen LogP contribution in [0.25, 0.3) is 11.1 Å². The number of thiol groups is 4. The van der Waals surface area contributed by atoms with Crippen molar-refractivity contribution in [3.63, 3.8) is 0 Å². The lowest BCUT2D eigenvalue weighted by Crippen LogP contribution is -1.86. The van der Waals surface area contributed by atoms with Crippen LogP contribution in [0.3, 0.4) is 0 Å². The Bertz CT molecular complexity index is 581. The minimum absolute atomic E-state index is 0.783. The van der Waals surface area contributed by atoms with Crippen LogP contribution in [0.4, 0.5) is 0 Å². The molecule has 0 amide bonds. The van der Waals surface area contributed by atoms with E-state index in [2.05, 4.69) is 66.4 Å².